The maximum absolute atomic E-state index is 11.8. The molecule has 7 nitrogen and oxygen atoms in total. The summed E-state index contributed by atoms with van der Waals surface area (Å²) in [4.78, 5) is 29.1. The molecule has 23 heavy (non-hydrogen) atoms. The molecule has 1 aliphatic heterocycles. The van der Waals surface area contributed by atoms with E-state index in [9.17, 15) is 9.59 Å². The molecular formula is C16H25N5O2. The third-order valence-corrected chi connectivity index (χ3v) is 3.82. The van der Waals surface area contributed by atoms with Gasteiger partial charge in [0.2, 0.25) is 5.91 Å². The van der Waals surface area contributed by atoms with E-state index in [1.54, 1.807) is 6.20 Å². The fourth-order valence-corrected chi connectivity index (χ4v) is 2.58. The van der Waals surface area contributed by atoms with Crippen LogP contribution < -0.4 is 20.9 Å². The first-order valence-electron chi connectivity index (χ1n) is 8.10. The zero-order valence-electron chi connectivity index (χ0n) is 13.5. The second-order valence-electron chi connectivity index (χ2n) is 5.69. The predicted molar refractivity (Wildman–Crippen MR) is 89.3 cm³/mol. The summed E-state index contributed by atoms with van der Waals surface area (Å²) in [5.41, 5.74) is 0. The summed E-state index contributed by atoms with van der Waals surface area (Å²) in [6, 6.07) is 5.97. The summed E-state index contributed by atoms with van der Waals surface area (Å²) in [6.07, 6.45) is 4.35. The Morgan fingerprint density at radius 2 is 1.96 bits per heavy atom. The zero-order valence-corrected chi connectivity index (χ0v) is 13.5. The quantitative estimate of drug-likeness (QED) is 0.679. The highest BCUT2D eigenvalue weighted by molar-refractivity contribution is 5.74. The van der Waals surface area contributed by atoms with Crippen LogP contribution >= 0.6 is 0 Å². The highest BCUT2D eigenvalue weighted by Gasteiger charge is 2.21. The Hall–Kier alpha value is -2.31. The van der Waals surface area contributed by atoms with Gasteiger partial charge in [-0.15, -0.1) is 0 Å². The summed E-state index contributed by atoms with van der Waals surface area (Å²) in [5.74, 6) is 0.947. The van der Waals surface area contributed by atoms with Gasteiger partial charge in [0.1, 0.15) is 5.82 Å². The number of rotatable bonds is 6. The third-order valence-electron chi connectivity index (χ3n) is 3.82. The molecule has 1 aliphatic rings. The van der Waals surface area contributed by atoms with Gasteiger partial charge in [-0.05, 0) is 31.4 Å². The molecule has 126 valence electrons. The first-order chi connectivity index (χ1) is 11.1. The molecule has 0 saturated carbocycles. The molecule has 7 heteroatoms. The van der Waals surface area contributed by atoms with Gasteiger partial charge >= 0.3 is 6.03 Å². The van der Waals surface area contributed by atoms with Gasteiger partial charge in [-0.25, -0.2) is 9.78 Å². The van der Waals surface area contributed by atoms with Crippen molar-refractivity contribution in [1.29, 1.82) is 0 Å². The molecule has 0 aliphatic carbocycles. The second kappa shape index (κ2) is 8.97. The van der Waals surface area contributed by atoms with Gasteiger partial charge in [-0.1, -0.05) is 6.07 Å². The van der Waals surface area contributed by atoms with Gasteiger partial charge in [0.05, 0.1) is 0 Å². The third kappa shape index (κ3) is 6.14. The maximum atomic E-state index is 11.8. The monoisotopic (exact) mass is 319 g/mol. The number of nitrogens with one attached hydrogen (secondary N) is 3. The van der Waals surface area contributed by atoms with E-state index in [1.807, 2.05) is 18.2 Å². The number of nitrogens with zero attached hydrogens (tertiary/aromatic N) is 2. The summed E-state index contributed by atoms with van der Waals surface area (Å²) >= 11 is 0. The molecule has 0 bridgehead atoms. The summed E-state index contributed by atoms with van der Waals surface area (Å²) in [5, 5.41) is 8.52. The van der Waals surface area contributed by atoms with Crippen LogP contribution in [0.3, 0.4) is 0 Å². The minimum Gasteiger partial charge on any atom is -0.356 e. The molecule has 1 fully saturated rings. The molecule has 0 spiro atoms. The largest absolute Gasteiger partial charge is 0.356 e. The van der Waals surface area contributed by atoms with E-state index in [0.29, 0.717) is 13.1 Å². The highest BCUT2D eigenvalue weighted by atomic mass is 16.2. The lowest BCUT2D eigenvalue weighted by molar-refractivity contribution is -0.118. The number of pyridine rings is 1. The number of amides is 3. The number of aromatic nitrogens is 1. The van der Waals surface area contributed by atoms with Crippen molar-refractivity contribution in [2.75, 3.05) is 31.1 Å². The van der Waals surface area contributed by atoms with Crippen molar-refractivity contribution in [3.63, 3.8) is 0 Å². The average molecular weight is 319 g/mol. The van der Waals surface area contributed by atoms with Crippen molar-refractivity contribution in [1.82, 2.24) is 20.9 Å². The van der Waals surface area contributed by atoms with Gasteiger partial charge < -0.3 is 20.9 Å². The van der Waals surface area contributed by atoms with Gasteiger partial charge in [-0.2, -0.15) is 0 Å². The van der Waals surface area contributed by atoms with Gasteiger partial charge in [0.25, 0.3) is 0 Å². The van der Waals surface area contributed by atoms with Crippen molar-refractivity contribution in [3.8, 4) is 0 Å². The van der Waals surface area contributed by atoms with Crippen molar-refractivity contribution in [3.05, 3.63) is 24.4 Å². The van der Waals surface area contributed by atoms with E-state index in [2.05, 4.69) is 25.8 Å². The smallest absolute Gasteiger partial charge is 0.315 e. The zero-order chi connectivity index (χ0) is 16.5. The molecule has 3 amide bonds. The van der Waals surface area contributed by atoms with E-state index in [0.717, 1.165) is 38.2 Å². The van der Waals surface area contributed by atoms with Gasteiger partial charge in [-0.3, -0.25) is 4.79 Å². The number of carbonyl (C=O) groups is 2. The van der Waals surface area contributed by atoms with E-state index >= 15 is 0 Å². The molecule has 0 atom stereocenters. The van der Waals surface area contributed by atoms with Gasteiger partial charge in [0, 0.05) is 45.3 Å². The lowest BCUT2D eigenvalue weighted by Gasteiger charge is -2.33. The number of anilines is 1. The standard InChI is InChI=1S/C16H25N5O2/c1-13(22)17-9-4-10-19-16(23)20-14-6-11-21(12-7-14)15-5-2-3-8-18-15/h2-3,5,8,14H,4,6-7,9-12H2,1H3,(H,17,22)(H2,19,20,23). The van der Waals surface area contributed by atoms with E-state index in [1.165, 1.54) is 6.92 Å². The maximum Gasteiger partial charge on any atom is 0.315 e. The van der Waals surface area contributed by atoms with Crippen molar-refractivity contribution >= 4 is 17.8 Å². The first kappa shape index (κ1) is 17.1. The lowest BCUT2D eigenvalue weighted by atomic mass is 10.1. The Balaban J connectivity index is 1.60. The number of hydrogen-bond acceptors (Lipinski definition) is 4. The molecule has 2 heterocycles. The van der Waals surface area contributed by atoms with E-state index in [-0.39, 0.29) is 18.0 Å². The molecule has 0 unspecified atom stereocenters. The Kier molecular flexibility index (Phi) is 6.65. The molecule has 1 aromatic heterocycles. The van der Waals surface area contributed by atoms with Crippen molar-refractivity contribution < 1.29 is 9.59 Å². The van der Waals surface area contributed by atoms with Crippen LogP contribution in [-0.4, -0.2) is 49.1 Å². The van der Waals surface area contributed by atoms with Crippen LogP contribution in [0.1, 0.15) is 26.2 Å². The Morgan fingerprint density at radius 1 is 1.22 bits per heavy atom. The minimum absolute atomic E-state index is 0.0471. The van der Waals surface area contributed by atoms with Crippen LogP contribution in [0.4, 0.5) is 10.6 Å². The minimum atomic E-state index is -0.135. The molecular weight excluding hydrogens is 294 g/mol. The van der Waals surface area contributed by atoms with E-state index in [4.69, 9.17) is 0 Å². The normalized spacial score (nSPS) is 15.1. The molecule has 2 rings (SSSR count). The van der Waals surface area contributed by atoms with Gasteiger partial charge in [0.15, 0.2) is 0 Å². The Labute approximate surface area is 136 Å². The number of piperidine rings is 1. The summed E-state index contributed by atoms with van der Waals surface area (Å²) in [6.45, 7) is 4.41. The molecule has 3 N–H and O–H groups in total. The van der Waals surface area contributed by atoms with Crippen LogP contribution in [0, 0.1) is 0 Å². The molecule has 0 radical (unpaired) electrons. The molecule has 1 saturated heterocycles. The average Bonchev–Trinajstić information content (AvgIpc) is 2.56. The Morgan fingerprint density at radius 3 is 2.61 bits per heavy atom. The van der Waals surface area contributed by atoms with Crippen LogP contribution in [0.5, 0.6) is 0 Å². The number of urea groups is 1. The van der Waals surface area contributed by atoms with Crippen LogP contribution in [-0.2, 0) is 4.79 Å². The number of hydrogen-bond donors (Lipinski definition) is 3. The molecule has 1 aromatic rings. The fourth-order valence-electron chi connectivity index (χ4n) is 2.58. The predicted octanol–water partition coefficient (Wildman–Crippen LogP) is 0.876. The molecule has 0 aromatic carbocycles. The Bertz CT molecular complexity index is 500. The summed E-state index contributed by atoms with van der Waals surface area (Å²) < 4.78 is 0. The lowest BCUT2D eigenvalue weighted by Crippen LogP contribution is -2.48. The number of carbonyl (C=O) groups excluding carboxylic acids is 2. The topological polar surface area (TPSA) is 86.4 Å². The van der Waals surface area contributed by atoms with Crippen LogP contribution in [0.2, 0.25) is 0 Å². The summed E-state index contributed by atoms with van der Waals surface area (Å²) in [7, 11) is 0. The van der Waals surface area contributed by atoms with Crippen molar-refractivity contribution in [2.24, 2.45) is 0 Å². The van der Waals surface area contributed by atoms with Crippen molar-refractivity contribution in [2.45, 2.75) is 32.2 Å². The highest BCUT2D eigenvalue weighted by Crippen LogP contribution is 2.16. The van der Waals surface area contributed by atoms with Crippen LogP contribution in [0.15, 0.2) is 24.4 Å². The first-order valence-corrected chi connectivity index (χ1v) is 8.10. The van der Waals surface area contributed by atoms with Crippen LogP contribution in [0.25, 0.3) is 0 Å². The van der Waals surface area contributed by atoms with E-state index < -0.39 is 0 Å². The SMILES string of the molecule is CC(=O)NCCCNC(=O)NC1CCN(c2ccccn2)CC1. The second-order valence-corrected chi connectivity index (χ2v) is 5.69. The fraction of sp³-hybridized carbons (Fsp3) is 0.562.